The predicted molar refractivity (Wildman–Crippen MR) is 88.0 cm³/mol. The topological polar surface area (TPSA) is 87.6 Å². The van der Waals surface area contributed by atoms with Gasteiger partial charge in [0.1, 0.15) is 0 Å². The van der Waals surface area contributed by atoms with Crippen molar-refractivity contribution < 1.29 is 9.53 Å². The number of guanidine groups is 1. The lowest BCUT2D eigenvalue weighted by atomic mass is 10.3. The van der Waals surface area contributed by atoms with Crippen molar-refractivity contribution in [1.29, 1.82) is 0 Å². The van der Waals surface area contributed by atoms with Crippen molar-refractivity contribution in [3.8, 4) is 0 Å². The van der Waals surface area contributed by atoms with Gasteiger partial charge in [-0.1, -0.05) is 0 Å². The van der Waals surface area contributed by atoms with Gasteiger partial charge in [0.15, 0.2) is 5.96 Å². The minimum Gasteiger partial charge on any atom is -0.382 e. The third-order valence-electron chi connectivity index (χ3n) is 2.80. The molecule has 0 radical (unpaired) electrons. The number of hydrogen-bond acceptors (Lipinski definition) is 4. The second-order valence-electron chi connectivity index (χ2n) is 4.55. The highest BCUT2D eigenvalue weighted by atomic mass is 16.5. The van der Waals surface area contributed by atoms with Crippen LogP contribution in [0.5, 0.6) is 0 Å². The number of hydrogen-bond donors (Lipinski definition) is 3. The summed E-state index contributed by atoms with van der Waals surface area (Å²) < 4.78 is 5.27. The van der Waals surface area contributed by atoms with Crippen molar-refractivity contribution >= 4 is 17.6 Å². The first-order chi connectivity index (χ1) is 10.8. The fourth-order valence-electron chi connectivity index (χ4n) is 1.71. The third kappa shape index (κ3) is 8.21. The molecule has 0 saturated carbocycles. The molecule has 1 rings (SSSR count). The number of pyridine rings is 1. The fourth-order valence-corrected chi connectivity index (χ4v) is 1.71. The molecule has 0 spiro atoms. The second kappa shape index (κ2) is 11.5. The summed E-state index contributed by atoms with van der Waals surface area (Å²) in [6.07, 6.45) is 5.25. The maximum atomic E-state index is 11.8. The zero-order chi connectivity index (χ0) is 16.0. The zero-order valence-electron chi connectivity index (χ0n) is 13.3. The minimum absolute atomic E-state index is 0.146. The molecule has 3 N–H and O–H groups in total. The van der Waals surface area contributed by atoms with E-state index in [1.807, 2.05) is 6.92 Å². The second-order valence-corrected chi connectivity index (χ2v) is 4.55. The van der Waals surface area contributed by atoms with Gasteiger partial charge in [-0.05, 0) is 31.9 Å². The number of aliphatic imine (C=N–C) groups is 1. The molecule has 7 nitrogen and oxygen atoms in total. The van der Waals surface area contributed by atoms with Gasteiger partial charge in [0, 0.05) is 33.0 Å². The monoisotopic (exact) mass is 307 g/mol. The van der Waals surface area contributed by atoms with E-state index in [1.165, 1.54) is 0 Å². The van der Waals surface area contributed by atoms with Crippen LogP contribution in [0.2, 0.25) is 0 Å². The molecule has 0 fully saturated rings. The highest BCUT2D eigenvalue weighted by Gasteiger charge is 2.04. The Labute approximate surface area is 131 Å². The Bertz CT molecular complexity index is 451. The van der Waals surface area contributed by atoms with E-state index in [0.717, 1.165) is 32.6 Å². The lowest BCUT2D eigenvalue weighted by Crippen LogP contribution is -2.41. The fraction of sp³-hybridized carbons (Fsp3) is 0.533. The van der Waals surface area contributed by atoms with E-state index in [2.05, 4.69) is 25.9 Å². The summed E-state index contributed by atoms with van der Waals surface area (Å²) in [6.45, 7) is 4.45. The van der Waals surface area contributed by atoms with Crippen molar-refractivity contribution in [2.45, 2.75) is 19.8 Å². The van der Waals surface area contributed by atoms with Gasteiger partial charge in [-0.25, -0.2) is 0 Å². The molecule has 0 atom stereocenters. The van der Waals surface area contributed by atoms with E-state index in [9.17, 15) is 4.79 Å². The number of unbranched alkanes of at least 4 members (excludes halogenated alkanes) is 1. The van der Waals surface area contributed by atoms with E-state index in [1.54, 1.807) is 31.6 Å². The number of nitrogens with one attached hydrogen (secondary N) is 3. The first-order valence-corrected chi connectivity index (χ1v) is 7.48. The summed E-state index contributed by atoms with van der Waals surface area (Å²) in [5, 5.41) is 8.87. The predicted octanol–water partition coefficient (Wildman–Crippen LogP) is 1.00. The molecule has 1 heterocycles. The van der Waals surface area contributed by atoms with Crippen molar-refractivity contribution in [1.82, 2.24) is 15.6 Å². The standard InChI is InChI=1S/C15H25N5O2/c1-3-22-10-5-4-9-18-15(16-2)19-12-14(21)20-13-7-6-8-17-11-13/h6-8,11H,3-5,9-10,12H2,1-2H3,(H,20,21)(H2,16,18,19). The number of amides is 1. The molecule has 0 saturated heterocycles. The SMILES string of the molecule is CCOCCCCNC(=NC)NCC(=O)Nc1cccnc1. The molecule has 0 aliphatic carbocycles. The third-order valence-corrected chi connectivity index (χ3v) is 2.80. The Hall–Kier alpha value is -2.15. The number of aromatic nitrogens is 1. The number of carbonyl (C=O) groups excluding carboxylic acids is 1. The molecular weight excluding hydrogens is 282 g/mol. The molecule has 0 aromatic carbocycles. The Morgan fingerprint density at radius 3 is 2.91 bits per heavy atom. The number of rotatable bonds is 9. The van der Waals surface area contributed by atoms with Gasteiger partial charge in [0.25, 0.3) is 0 Å². The van der Waals surface area contributed by atoms with Crippen LogP contribution in [0.15, 0.2) is 29.5 Å². The molecule has 0 aliphatic heterocycles. The van der Waals surface area contributed by atoms with Crippen molar-refractivity contribution in [3.63, 3.8) is 0 Å². The van der Waals surface area contributed by atoms with Crippen molar-refractivity contribution in [2.24, 2.45) is 4.99 Å². The van der Waals surface area contributed by atoms with Crippen LogP contribution in [0.3, 0.4) is 0 Å². The normalized spacial score (nSPS) is 11.1. The smallest absolute Gasteiger partial charge is 0.243 e. The Morgan fingerprint density at radius 2 is 2.23 bits per heavy atom. The van der Waals surface area contributed by atoms with Gasteiger partial charge in [-0.2, -0.15) is 0 Å². The largest absolute Gasteiger partial charge is 0.382 e. The van der Waals surface area contributed by atoms with Gasteiger partial charge in [0.05, 0.1) is 18.4 Å². The van der Waals surface area contributed by atoms with Gasteiger partial charge in [0.2, 0.25) is 5.91 Å². The van der Waals surface area contributed by atoms with Crippen LogP contribution < -0.4 is 16.0 Å². The summed E-state index contributed by atoms with van der Waals surface area (Å²) in [6, 6.07) is 3.56. The molecule has 7 heteroatoms. The summed E-state index contributed by atoms with van der Waals surface area (Å²) in [5.41, 5.74) is 0.674. The Morgan fingerprint density at radius 1 is 1.36 bits per heavy atom. The van der Waals surface area contributed by atoms with E-state index in [0.29, 0.717) is 11.6 Å². The van der Waals surface area contributed by atoms with E-state index in [4.69, 9.17) is 4.74 Å². The zero-order valence-corrected chi connectivity index (χ0v) is 13.3. The molecule has 1 aromatic rings. The molecule has 0 aliphatic rings. The maximum absolute atomic E-state index is 11.8. The summed E-state index contributed by atoms with van der Waals surface area (Å²) in [7, 11) is 1.68. The molecule has 0 unspecified atom stereocenters. The van der Waals surface area contributed by atoms with Gasteiger partial charge < -0.3 is 20.7 Å². The number of nitrogens with zero attached hydrogens (tertiary/aromatic N) is 2. The van der Waals surface area contributed by atoms with Crippen LogP contribution in [0.25, 0.3) is 0 Å². The maximum Gasteiger partial charge on any atom is 0.243 e. The van der Waals surface area contributed by atoms with Gasteiger partial charge in [-0.3, -0.25) is 14.8 Å². The summed E-state index contributed by atoms with van der Waals surface area (Å²) in [4.78, 5) is 19.8. The van der Waals surface area contributed by atoms with Gasteiger partial charge >= 0.3 is 0 Å². The van der Waals surface area contributed by atoms with E-state index < -0.39 is 0 Å². The van der Waals surface area contributed by atoms with Crippen LogP contribution in [0.4, 0.5) is 5.69 Å². The van der Waals surface area contributed by atoms with E-state index >= 15 is 0 Å². The molecule has 122 valence electrons. The van der Waals surface area contributed by atoms with Crippen LogP contribution in [0, 0.1) is 0 Å². The van der Waals surface area contributed by atoms with Crippen molar-refractivity contribution in [3.05, 3.63) is 24.5 Å². The highest BCUT2D eigenvalue weighted by Crippen LogP contribution is 2.01. The Balaban J connectivity index is 2.16. The average molecular weight is 307 g/mol. The van der Waals surface area contributed by atoms with Crippen LogP contribution >= 0.6 is 0 Å². The first-order valence-electron chi connectivity index (χ1n) is 7.48. The van der Waals surface area contributed by atoms with Crippen LogP contribution in [0.1, 0.15) is 19.8 Å². The molecule has 22 heavy (non-hydrogen) atoms. The summed E-state index contributed by atoms with van der Waals surface area (Å²) in [5.74, 6) is 0.463. The quantitative estimate of drug-likeness (QED) is 0.360. The minimum atomic E-state index is -0.146. The highest BCUT2D eigenvalue weighted by molar-refractivity contribution is 5.94. The Kier molecular flexibility index (Phi) is 9.36. The van der Waals surface area contributed by atoms with E-state index in [-0.39, 0.29) is 12.5 Å². The number of anilines is 1. The molecule has 0 bridgehead atoms. The summed E-state index contributed by atoms with van der Waals surface area (Å²) >= 11 is 0. The lowest BCUT2D eigenvalue weighted by molar-refractivity contribution is -0.115. The molecular formula is C15H25N5O2. The van der Waals surface area contributed by atoms with Crippen LogP contribution in [-0.2, 0) is 9.53 Å². The van der Waals surface area contributed by atoms with Crippen molar-refractivity contribution in [2.75, 3.05) is 38.7 Å². The number of ether oxygens (including phenoxy) is 1. The average Bonchev–Trinajstić information content (AvgIpc) is 2.54. The van der Waals surface area contributed by atoms with Gasteiger partial charge in [-0.15, -0.1) is 0 Å². The first kappa shape index (κ1) is 17.9. The molecule has 1 aromatic heterocycles. The number of carbonyl (C=O) groups is 1. The lowest BCUT2D eigenvalue weighted by Gasteiger charge is -2.12. The van der Waals surface area contributed by atoms with Crippen LogP contribution in [-0.4, -0.2) is 50.2 Å². The molecule has 1 amide bonds.